The molecular weight excluding hydrogens is 306 g/mol. The number of piperidine rings is 1. The average Bonchev–Trinajstić information content (AvgIpc) is 3.18. The van der Waals surface area contributed by atoms with Crippen LogP contribution in [0.15, 0.2) is 0 Å². The van der Waals surface area contributed by atoms with Gasteiger partial charge in [0.05, 0.1) is 18.3 Å². The maximum Gasteiger partial charge on any atom is 0.237 e. The number of hydrogen-bond acceptors (Lipinski definition) is 5. The second kappa shape index (κ2) is 6.09. The molecule has 22 heavy (non-hydrogen) atoms. The highest BCUT2D eigenvalue weighted by Gasteiger charge is 2.44. The lowest BCUT2D eigenvalue weighted by atomic mass is 9.88. The van der Waals surface area contributed by atoms with Crippen molar-refractivity contribution in [1.82, 2.24) is 4.90 Å². The number of amides is 1. The Morgan fingerprint density at radius 3 is 2.59 bits per heavy atom. The van der Waals surface area contributed by atoms with Crippen molar-refractivity contribution >= 4 is 15.7 Å². The average molecular weight is 331 g/mol. The first-order valence-corrected chi connectivity index (χ1v) is 10.1. The van der Waals surface area contributed by atoms with Crippen LogP contribution in [-0.2, 0) is 24.1 Å². The molecule has 0 radical (unpaired) electrons. The minimum Gasteiger partial charge on any atom is -0.375 e. The van der Waals surface area contributed by atoms with Crippen LogP contribution in [0.1, 0.15) is 32.1 Å². The van der Waals surface area contributed by atoms with Crippen molar-refractivity contribution in [3.05, 3.63) is 0 Å². The summed E-state index contributed by atoms with van der Waals surface area (Å²) in [5.74, 6) is 0.0671. The van der Waals surface area contributed by atoms with Crippen LogP contribution < -0.4 is 0 Å². The van der Waals surface area contributed by atoms with Crippen LogP contribution in [0.25, 0.3) is 0 Å². The lowest BCUT2D eigenvalue weighted by Crippen LogP contribution is -2.48. The summed E-state index contributed by atoms with van der Waals surface area (Å²) in [6, 6.07) is 0. The summed E-state index contributed by atoms with van der Waals surface area (Å²) in [7, 11) is -3.26. The summed E-state index contributed by atoms with van der Waals surface area (Å²) in [5, 5.41) is 0. The van der Waals surface area contributed by atoms with Gasteiger partial charge < -0.3 is 14.4 Å². The van der Waals surface area contributed by atoms with Gasteiger partial charge in [0.15, 0.2) is 9.84 Å². The lowest BCUT2D eigenvalue weighted by Gasteiger charge is -2.38. The predicted octanol–water partition coefficient (Wildman–Crippen LogP) is 0.608. The Hall–Kier alpha value is -0.660. The fourth-order valence-corrected chi connectivity index (χ4v) is 3.93. The highest BCUT2D eigenvalue weighted by molar-refractivity contribution is 7.91. The van der Waals surface area contributed by atoms with Gasteiger partial charge in [0.25, 0.3) is 0 Å². The minimum absolute atomic E-state index is 0.171. The van der Waals surface area contributed by atoms with Crippen molar-refractivity contribution in [1.29, 1.82) is 0 Å². The largest absolute Gasteiger partial charge is 0.375 e. The van der Waals surface area contributed by atoms with E-state index in [0.29, 0.717) is 19.7 Å². The third kappa shape index (κ3) is 4.20. The number of carbonyl (C=O) groups is 1. The van der Waals surface area contributed by atoms with Gasteiger partial charge in [-0.1, -0.05) is 0 Å². The van der Waals surface area contributed by atoms with E-state index in [4.69, 9.17) is 9.47 Å². The molecule has 1 saturated carbocycles. The van der Waals surface area contributed by atoms with E-state index >= 15 is 0 Å². The minimum atomic E-state index is -3.26. The molecule has 2 aliphatic heterocycles. The molecule has 0 aromatic rings. The Morgan fingerprint density at radius 1 is 1.32 bits per heavy atom. The molecular formula is C15H25NO5S. The molecule has 1 amide bonds. The summed E-state index contributed by atoms with van der Waals surface area (Å²) < 4.78 is 34.3. The molecule has 2 heterocycles. The third-order valence-electron chi connectivity index (χ3n) is 4.85. The Labute approximate surface area is 132 Å². The van der Waals surface area contributed by atoms with Crippen molar-refractivity contribution in [3.63, 3.8) is 0 Å². The maximum absolute atomic E-state index is 11.9. The number of sulfone groups is 1. The van der Waals surface area contributed by atoms with E-state index < -0.39 is 15.6 Å². The second-order valence-electron chi connectivity index (χ2n) is 7.05. The third-order valence-corrected chi connectivity index (χ3v) is 5.62. The van der Waals surface area contributed by atoms with Gasteiger partial charge in [-0.25, -0.2) is 8.42 Å². The highest BCUT2D eigenvalue weighted by atomic mass is 32.2. The Balaban J connectivity index is 1.45. The van der Waals surface area contributed by atoms with Gasteiger partial charge >= 0.3 is 0 Å². The van der Waals surface area contributed by atoms with Crippen LogP contribution >= 0.6 is 0 Å². The van der Waals surface area contributed by atoms with Crippen LogP contribution in [-0.4, -0.2) is 69.2 Å². The Bertz CT molecular complexity index is 520. The van der Waals surface area contributed by atoms with E-state index in [1.54, 1.807) is 4.90 Å². The monoisotopic (exact) mass is 331 g/mol. The molecule has 1 unspecified atom stereocenters. The highest BCUT2D eigenvalue weighted by Crippen LogP contribution is 2.38. The van der Waals surface area contributed by atoms with Crippen molar-refractivity contribution in [2.75, 3.05) is 38.3 Å². The van der Waals surface area contributed by atoms with Crippen molar-refractivity contribution in [2.45, 2.75) is 43.8 Å². The number of hydrogen-bond donors (Lipinski definition) is 0. The molecule has 3 fully saturated rings. The summed E-state index contributed by atoms with van der Waals surface area (Å²) in [6.07, 6.45) is 6.29. The SMILES string of the molecule is CS(=O)(=O)CC(=O)N1CCC2(CC1)CC(OCC1CC1)CO2. The van der Waals surface area contributed by atoms with Gasteiger partial charge in [-0.3, -0.25) is 4.79 Å². The predicted molar refractivity (Wildman–Crippen MR) is 81.3 cm³/mol. The molecule has 126 valence electrons. The molecule has 1 atom stereocenters. The number of likely N-dealkylation sites (tertiary alicyclic amines) is 1. The summed E-state index contributed by atoms with van der Waals surface area (Å²) >= 11 is 0. The van der Waals surface area contributed by atoms with E-state index in [2.05, 4.69) is 0 Å². The van der Waals surface area contributed by atoms with Crippen molar-refractivity contribution < 1.29 is 22.7 Å². The summed E-state index contributed by atoms with van der Waals surface area (Å²) in [5.41, 5.74) is -0.171. The van der Waals surface area contributed by atoms with Gasteiger partial charge in [-0.05, 0) is 31.6 Å². The van der Waals surface area contributed by atoms with Crippen LogP contribution in [0.5, 0.6) is 0 Å². The van der Waals surface area contributed by atoms with Gasteiger partial charge in [0.2, 0.25) is 5.91 Å². The molecule has 3 rings (SSSR count). The molecule has 7 heteroatoms. The van der Waals surface area contributed by atoms with Crippen LogP contribution in [0.4, 0.5) is 0 Å². The lowest BCUT2D eigenvalue weighted by molar-refractivity contribution is -0.133. The second-order valence-corrected chi connectivity index (χ2v) is 9.19. The zero-order chi connectivity index (χ0) is 15.8. The topological polar surface area (TPSA) is 72.9 Å². The zero-order valence-corrected chi connectivity index (χ0v) is 13.9. The van der Waals surface area contributed by atoms with E-state index in [1.807, 2.05) is 0 Å². The number of carbonyl (C=O) groups excluding carboxylic acids is 1. The molecule has 0 N–H and O–H groups in total. The smallest absolute Gasteiger partial charge is 0.237 e. The van der Waals surface area contributed by atoms with Crippen LogP contribution in [0.2, 0.25) is 0 Å². The molecule has 0 aromatic carbocycles. The molecule has 2 saturated heterocycles. The van der Waals surface area contributed by atoms with E-state index in [-0.39, 0.29) is 17.6 Å². The van der Waals surface area contributed by atoms with Crippen LogP contribution in [0.3, 0.4) is 0 Å². The molecule has 1 spiro atoms. The number of rotatable bonds is 5. The summed E-state index contributed by atoms with van der Waals surface area (Å²) in [4.78, 5) is 13.6. The fraction of sp³-hybridized carbons (Fsp3) is 0.933. The molecule has 6 nitrogen and oxygen atoms in total. The van der Waals surface area contributed by atoms with Gasteiger partial charge in [-0.15, -0.1) is 0 Å². The first-order chi connectivity index (χ1) is 10.4. The Kier molecular flexibility index (Phi) is 4.49. The zero-order valence-electron chi connectivity index (χ0n) is 13.1. The molecule has 0 aromatic heterocycles. The molecule has 1 aliphatic carbocycles. The quantitative estimate of drug-likeness (QED) is 0.738. The van der Waals surface area contributed by atoms with Gasteiger partial charge in [0.1, 0.15) is 5.75 Å². The number of nitrogens with zero attached hydrogens (tertiary/aromatic N) is 1. The fourth-order valence-electron chi connectivity index (χ4n) is 3.29. The normalized spacial score (nSPS) is 28.2. The maximum atomic E-state index is 11.9. The van der Waals surface area contributed by atoms with Gasteiger partial charge in [0, 0.05) is 32.4 Å². The Morgan fingerprint density at radius 2 is 2.00 bits per heavy atom. The first-order valence-electron chi connectivity index (χ1n) is 8.06. The van der Waals surface area contributed by atoms with Gasteiger partial charge in [-0.2, -0.15) is 0 Å². The first kappa shape index (κ1) is 16.2. The summed E-state index contributed by atoms with van der Waals surface area (Å²) in [6.45, 7) is 2.64. The number of ether oxygens (including phenoxy) is 2. The van der Waals surface area contributed by atoms with Crippen molar-refractivity contribution in [3.8, 4) is 0 Å². The van der Waals surface area contributed by atoms with E-state index in [1.165, 1.54) is 12.8 Å². The van der Waals surface area contributed by atoms with Crippen molar-refractivity contribution in [2.24, 2.45) is 5.92 Å². The standard InChI is InChI=1S/C15H25NO5S/c1-22(18,19)11-14(17)16-6-4-15(5-7-16)8-13(10-21-15)20-9-12-2-3-12/h12-13H,2-11H2,1H3. The molecule has 0 bridgehead atoms. The van der Waals surface area contributed by atoms with Crippen LogP contribution in [0, 0.1) is 5.92 Å². The van der Waals surface area contributed by atoms with E-state index in [0.717, 1.165) is 38.0 Å². The molecule has 3 aliphatic rings. The van der Waals surface area contributed by atoms with E-state index in [9.17, 15) is 13.2 Å².